The minimum atomic E-state index is -1.12. The van der Waals surface area contributed by atoms with Crippen LogP contribution < -0.4 is 5.56 Å². The van der Waals surface area contributed by atoms with Gasteiger partial charge in [-0.15, -0.1) is 0 Å². The summed E-state index contributed by atoms with van der Waals surface area (Å²) in [4.78, 5) is 23.6. The molecule has 0 aliphatic rings. The van der Waals surface area contributed by atoms with Crippen molar-refractivity contribution >= 4 is 40.8 Å². The number of carboxylic acids is 1. The summed E-state index contributed by atoms with van der Waals surface area (Å²) in [6.07, 6.45) is 0. The van der Waals surface area contributed by atoms with Crippen LogP contribution in [0.3, 0.4) is 0 Å². The summed E-state index contributed by atoms with van der Waals surface area (Å²) in [5.74, 6) is -1.12. The number of aromatic nitrogens is 1. The van der Waals surface area contributed by atoms with Gasteiger partial charge in [0.1, 0.15) is 0 Å². The fourth-order valence-corrected chi connectivity index (χ4v) is 2.82. The second-order valence-electron chi connectivity index (χ2n) is 4.48. The first-order chi connectivity index (χ1) is 9.73. The second kappa shape index (κ2) is 5.72. The van der Waals surface area contributed by atoms with Crippen LogP contribution in [-0.4, -0.2) is 15.6 Å². The van der Waals surface area contributed by atoms with E-state index in [1.807, 2.05) is 0 Å². The average Bonchev–Trinajstić information content (AvgIpc) is 2.34. The summed E-state index contributed by atoms with van der Waals surface area (Å²) in [7, 11) is 0. The standard InChI is InChI=1S/C14H10Cl3NO3/c1-6-3-12(19)18(7(2)13(6)14(20)21)11-5-9(16)8(15)4-10(11)17/h3-5H,1-2H3,(H,20,21). The Morgan fingerprint density at radius 1 is 1.05 bits per heavy atom. The number of halogens is 3. The zero-order chi connectivity index (χ0) is 15.9. The highest BCUT2D eigenvalue weighted by molar-refractivity contribution is 6.43. The van der Waals surface area contributed by atoms with E-state index in [0.29, 0.717) is 5.56 Å². The first-order valence-electron chi connectivity index (χ1n) is 5.85. The van der Waals surface area contributed by atoms with Crippen molar-refractivity contribution in [3.63, 3.8) is 0 Å². The Hall–Kier alpha value is -1.49. The number of pyridine rings is 1. The third-order valence-electron chi connectivity index (χ3n) is 3.10. The molecule has 0 aliphatic carbocycles. The van der Waals surface area contributed by atoms with Crippen molar-refractivity contribution in [3.8, 4) is 5.69 Å². The molecule has 0 saturated heterocycles. The maximum atomic E-state index is 12.2. The van der Waals surface area contributed by atoms with Gasteiger partial charge in [0.05, 0.1) is 26.3 Å². The van der Waals surface area contributed by atoms with Gasteiger partial charge in [-0.2, -0.15) is 0 Å². The number of hydrogen-bond donors (Lipinski definition) is 1. The summed E-state index contributed by atoms with van der Waals surface area (Å²) < 4.78 is 1.21. The van der Waals surface area contributed by atoms with Gasteiger partial charge in [-0.3, -0.25) is 9.36 Å². The SMILES string of the molecule is Cc1cc(=O)n(-c2cc(Cl)c(Cl)cc2Cl)c(C)c1C(=O)O. The summed E-state index contributed by atoms with van der Waals surface area (Å²) in [5.41, 5.74) is 0.605. The van der Waals surface area contributed by atoms with Crippen LogP contribution in [0.15, 0.2) is 23.0 Å². The average molecular weight is 347 g/mol. The lowest BCUT2D eigenvalue weighted by Gasteiger charge is -2.16. The molecule has 110 valence electrons. The Balaban J connectivity index is 2.88. The molecule has 1 aromatic carbocycles. The van der Waals surface area contributed by atoms with Crippen LogP contribution in [-0.2, 0) is 0 Å². The molecule has 0 atom stereocenters. The van der Waals surface area contributed by atoms with Gasteiger partial charge >= 0.3 is 5.97 Å². The van der Waals surface area contributed by atoms with E-state index >= 15 is 0 Å². The fourth-order valence-electron chi connectivity index (χ4n) is 2.19. The minimum absolute atomic E-state index is 0.0525. The summed E-state index contributed by atoms with van der Waals surface area (Å²) in [5, 5.41) is 9.96. The number of benzene rings is 1. The molecule has 0 amide bonds. The van der Waals surface area contributed by atoms with Crippen molar-refractivity contribution < 1.29 is 9.90 Å². The smallest absolute Gasteiger partial charge is 0.337 e. The minimum Gasteiger partial charge on any atom is -0.478 e. The molecular weight excluding hydrogens is 337 g/mol. The maximum absolute atomic E-state index is 12.2. The molecule has 21 heavy (non-hydrogen) atoms. The lowest BCUT2D eigenvalue weighted by Crippen LogP contribution is -2.24. The number of aryl methyl sites for hydroxylation is 1. The molecule has 0 bridgehead atoms. The monoisotopic (exact) mass is 345 g/mol. The molecule has 1 N–H and O–H groups in total. The quantitative estimate of drug-likeness (QED) is 0.832. The van der Waals surface area contributed by atoms with E-state index in [1.165, 1.54) is 29.7 Å². The van der Waals surface area contributed by atoms with Crippen LogP contribution >= 0.6 is 34.8 Å². The number of rotatable bonds is 2. The van der Waals surface area contributed by atoms with Gasteiger partial charge in [-0.25, -0.2) is 4.79 Å². The molecular formula is C14H10Cl3NO3. The van der Waals surface area contributed by atoms with Crippen LogP contribution in [0.25, 0.3) is 5.69 Å². The number of carboxylic acid groups (broad SMARTS) is 1. The molecule has 0 fully saturated rings. The summed E-state index contributed by atoms with van der Waals surface area (Å²) >= 11 is 17.9. The van der Waals surface area contributed by atoms with E-state index in [1.54, 1.807) is 6.92 Å². The number of aromatic carboxylic acids is 1. The first-order valence-corrected chi connectivity index (χ1v) is 6.99. The van der Waals surface area contributed by atoms with Crippen molar-refractivity contribution in [2.45, 2.75) is 13.8 Å². The van der Waals surface area contributed by atoms with Gasteiger partial charge < -0.3 is 5.11 Å². The lowest BCUT2D eigenvalue weighted by atomic mass is 10.1. The van der Waals surface area contributed by atoms with E-state index in [0.717, 1.165) is 0 Å². The van der Waals surface area contributed by atoms with Crippen molar-refractivity contribution in [1.82, 2.24) is 4.57 Å². The van der Waals surface area contributed by atoms with Crippen LogP contribution in [0.2, 0.25) is 15.1 Å². The highest BCUT2D eigenvalue weighted by atomic mass is 35.5. The lowest BCUT2D eigenvalue weighted by molar-refractivity contribution is 0.0694. The second-order valence-corrected chi connectivity index (χ2v) is 5.71. The van der Waals surface area contributed by atoms with Gasteiger partial charge in [-0.05, 0) is 31.5 Å². The van der Waals surface area contributed by atoms with Gasteiger partial charge in [0.15, 0.2) is 0 Å². The van der Waals surface area contributed by atoms with E-state index in [2.05, 4.69) is 0 Å². The van der Waals surface area contributed by atoms with E-state index in [-0.39, 0.29) is 32.0 Å². The van der Waals surface area contributed by atoms with Gasteiger partial charge in [0, 0.05) is 11.8 Å². The fraction of sp³-hybridized carbons (Fsp3) is 0.143. The molecule has 0 aliphatic heterocycles. The van der Waals surface area contributed by atoms with Crippen LogP contribution in [0.1, 0.15) is 21.6 Å². The van der Waals surface area contributed by atoms with Crippen molar-refractivity contribution in [1.29, 1.82) is 0 Å². The Labute approximate surface area is 135 Å². The third-order valence-corrected chi connectivity index (χ3v) is 4.12. The number of hydrogen-bond acceptors (Lipinski definition) is 2. The zero-order valence-electron chi connectivity index (χ0n) is 11.1. The first kappa shape index (κ1) is 15.9. The largest absolute Gasteiger partial charge is 0.478 e. The Bertz CT molecular complexity index is 812. The van der Waals surface area contributed by atoms with Crippen molar-refractivity contribution in [2.24, 2.45) is 0 Å². The normalized spacial score (nSPS) is 10.7. The molecule has 2 rings (SSSR count). The Morgan fingerprint density at radius 3 is 2.19 bits per heavy atom. The molecule has 1 heterocycles. The van der Waals surface area contributed by atoms with Crippen LogP contribution in [0.5, 0.6) is 0 Å². The van der Waals surface area contributed by atoms with E-state index < -0.39 is 11.5 Å². The highest BCUT2D eigenvalue weighted by Crippen LogP contribution is 2.31. The Kier molecular flexibility index (Phi) is 4.33. The maximum Gasteiger partial charge on any atom is 0.337 e. The molecule has 0 radical (unpaired) electrons. The van der Waals surface area contributed by atoms with E-state index in [9.17, 15) is 14.7 Å². The molecule has 0 saturated carbocycles. The predicted molar refractivity (Wildman–Crippen MR) is 83.5 cm³/mol. The highest BCUT2D eigenvalue weighted by Gasteiger charge is 2.18. The third kappa shape index (κ3) is 2.79. The molecule has 0 spiro atoms. The number of carbonyl (C=O) groups is 1. The topological polar surface area (TPSA) is 59.3 Å². The van der Waals surface area contributed by atoms with Gasteiger partial charge in [0.2, 0.25) is 0 Å². The summed E-state index contributed by atoms with van der Waals surface area (Å²) in [6, 6.07) is 4.09. The van der Waals surface area contributed by atoms with Gasteiger partial charge in [0.25, 0.3) is 5.56 Å². The Morgan fingerprint density at radius 2 is 1.62 bits per heavy atom. The number of nitrogens with zero attached hydrogens (tertiary/aromatic N) is 1. The van der Waals surface area contributed by atoms with Crippen molar-refractivity contribution in [3.05, 3.63) is 60.4 Å². The van der Waals surface area contributed by atoms with Crippen LogP contribution in [0.4, 0.5) is 0 Å². The molecule has 1 aromatic heterocycles. The predicted octanol–water partition coefficient (Wildman–Crippen LogP) is 4.11. The summed E-state index contributed by atoms with van der Waals surface area (Å²) in [6.45, 7) is 3.11. The zero-order valence-corrected chi connectivity index (χ0v) is 13.3. The molecule has 0 unspecified atom stereocenters. The molecule has 2 aromatic rings. The van der Waals surface area contributed by atoms with Crippen LogP contribution in [0, 0.1) is 13.8 Å². The van der Waals surface area contributed by atoms with E-state index in [4.69, 9.17) is 34.8 Å². The van der Waals surface area contributed by atoms with Gasteiger partial charge in [-0.1, -0.05) is 34.8 Å². The molecule has 4 nitrogen and oxygen atoms in total. The molecule has 7 heteroatoms. The van der Waals surface area contributed by atoms with Crippen molar-refractivity contribution in [2.75, 3.05) is 0 Å².